The van der Waals surface area contributed by atoms with Crippen molar-refractivity contribution in [2.24, 2.45) is 0 Å². The number of aromatic nitrogens is 1. The number of alkyl halides is 3. The maximum absolute atomic E-state index is 13.8. The number of hydrogen-bond acceptors (Lipinski definition) is 7. The number of rotatable bonds is 7. The lowest BCUT2D eigenvalue weighted by Gasteiger charge is -2.26. The van der Waals surface area contributed by atoms with E-state index in [-0.39, 0.29) is 16.9 Å². The van der Waals surface area contributed by atoms with E-state index in [0.29, 0.717) is 17.0 Å². The Balaban J connectivity index is 1.92. The Hall–Kier alpha value is -4.35. The molecule has 3 rings (SSSR count). The number of hydrogen-bond donors (Lipinski definition) is 2. The van der Waals surface area contributed by atoms with E-state index in [0.717, 1.165) is 17.0 Å². The molecule has 1 aromatic heterocycles. The lowest BCUT2D eigenvalue weighted by atomic mass is 10.0. The van der Waals surface area contributed by atoms with Crippen LogP contribution in [0.4, 0.5) is 35.0 Å². The highest BCUT2D eigenvalue weighted by molar-refractivity contribution is 6.13. The fourth-order valence-corrected chi connectivity index (χ4v) is 3.71. The molecule has 0 unspecified atom stereocenters. The van der Waals surface area contributed by atoms with Gasteiger partial charge in [-0.3, -0.25) is 14.9 Å². The van der Waals surface area contributed by atoms with E-state index in [2.05, 4.69) is 15.8 Å². The van der Waals surface area contributed by atoms with Gasteiger partial charge >= 0.3 is 12.3 Å². The Morgan fingerprint density at radius 3 is 2.28 bits per heavy atom. The summed E-state index contributed by atoms with van der Waals surface area (Å²) in [7, 11) is 2.72. The first-order valence-corrected chi connectivity index (χ1v) is 11.8. The van der Waals surface area contributed by atoms with Gasteiger partial charge in [-0.15, -0.1) is 0 Å². The van der Waals surface area contributed by atoms with Gasteiger partial charge in [0.2, 0.25) is 5.91 Å². The van der Waals surface area contributed by atoms with Gasteiger partial charge in [0.15, 0.2) is 11.5 Å². The molecule has 12 heteroatoms. The smallest absolute Gasteiger partial charge is 0.418 e. The summed E-state index contributed by atoms with van der Waals surface area (Å²) < 4.78 is 51.9. The molecule has 0 spiro atoms. The minimum atomic E-state index is -4.77. The molecule has 9 nitrogen and oxygen atoms in total. The number of aryl methyl sites for hydroxylation is 1. The van der Waals surface area contributed by atoms with Crippen molar-refractivity contribution in [2.45, 2.75) is 45.9 Å². The van der Waals surface area contributed by atoms with E-state index < -0.39 is 47.2 Å². The first-order chi connectivity index (χ1) is 18.0. The van der Waals surface area contributed by atoms with E-state index in [4.69, 9.17) is 9.26 Å². The van der Waals surface area contributed by atoms with Crippen LogP contribution in [-0.2, 0) is 15.7 Å². The number of anilines is 3. The number of ether oxygens (including phenoxy) is 1. The second kappa shape index (κ2) is 11.2. The number of ketones is 1. The number of benzene rings is 2. The molecule has 2 N–H and O–H groups in total. The number of Topliss-reactive ketones (excluding diaryl/α,β-unsaturated/α-hetero) is 1. The second-order valence-corrected chi connectivity index (χ2v) is 9.96. The minimum absolute atomic E-state index is 0.135. The van der Waals surface area contributed by atoms with Crippen LogP contribution in [0.3, 0.4) is 0 Å². The Morgan fingerprint density at radius 2 is 1.72 bits per heavy atom. The van der Waals surface area contributed by atoms with Gasteiger partial charge in [-0.2, -0.15) is 13.2 Å². The molecular formula is C27H29F3N4O5. The summed E-state index contributed by atoms with van der Waals surface area (Å²) >= 11 is 0. The third-order valence-corrected chi connectivity index (χ3v) is 5.25. The number of carbonyl (C=O) groups excluding carboxylic acids is 3. The van der Waals surface area contributed by atoms with Crippen molar-refractivity contribution in [3.63, 3.8) is 0 Å². The van der Waals surface area contributed by atoms with Crippen molar-refractivity contribution in [3.8, 4) is 11.3 Å². The highest BCUT2D eigenvalue weighted by Crippen LogP contribution is 2.44. The molecule has 0 atom stereocenters. The molecule has 3 aromatic rings. The predicted molar refractivity (Wildman–Crippen MR) is 140 cm³/mol. The van der Waals surface area contributed by atoms with E-state index in [9.17, 15) is 27.6 Å². The number of carbonyl (C=O) groups is 3. The van der Waals surface area contributed by atoms with Gasteiger partial charge in [-0.1, -0.05) is 23.4 Å². The van der Waals surface area contributed by atoms with Crippen molar-refractivity contribution < 1.29 is 36.8 Å². The molecule has 2 aromatic carbocycles. The van der Waals surface area contributed by atoms with Crippen molar-refractivity contribution in [1.82, 2.24) is 5.16 Å². The zero-order chi connectivity index (χ0) is 29.1. The maximum atomic E-state index is 13.8. The van der Waals surface area contributed by atoms with Crippen LogP contribution in [0.2, 0.25) is 0 Å². The van der Waals surface area contributed by atoms with Crippen molar-refractivity contribution in [1.29, 1.82) is 0 Å². The van der Waals surface area contributed by atoms with Crippen molar-refractivity contribution in [2.75, 3.05) is 29.6 Å². The van der Waals surface area contributed by atoms with Crippen LogP contribution in [0.1, 0.15) is 48.8 Å². The lowest BCUT2D eigenvalue weighted by Crippen LogP contribution is -2.28. The highest BCUT2D eigenvalue weighted by Gasteiger charge is 2.37. The zero-order valence-electron chi connectivity index (χ0n) is 22.3. The van der Waals surface area contributed by atoms with Crippen LogP contribution < -0.4 is 15.5 Å². The van der Waals surface area contributed by atoms with Crippen LogP contribution in [0.5, 0.6) is 0 Å². The number of halogens is 3. The SMILES string of the molecule is Cc1cc(-c2cccc(C(=O)CC(=O)Nc3c(NC(=O)OC(C)(C)C)ccc(C(F)(F)F)c3N(C)C)c2)on1. The van der Waals surface area contributed by atoms with Crippen LogP contribution >= 0.6 is 0 Å². The first-order valence-electron chi connectivity index (χ1n) is 11.8. The molecule has 0 saturated heterocycles. The molecule has 0 bridgehead atoms. The predicted octanol–water partition coefficient (Wildman–Crippen LogP) is 6.29. The maximum Gasteiger partial charge on any atom is 0.418 e. The summed E-state index contributed by atoms with van der Waals surface area (Å²) in [5, 5.41) is 8.59. The number of nitrogens with zero attached hydrogens (tertiary/aromatic N) is 2. The molecule has 39 heavy (non-hydrogen) atoms. The molecule has 0 aliphatic rings. The largest absolute Gasteiger partial charge is 0.444 e. The summed E-state index contributed by atoms with van der Waals surface area (Å²) in [6.07, 6.45) is -6.37. The summed E-state index contributed by atoms with van der Waals surface area (Å²) in [5.41, 5.74) is -1.38. The monoisotopic (exact) mass is 546 g/mol. The molecular weight excluding hydrogens is 517 g/mol. The standard InChI is InChI=1S/C27H29F3N4O5/c1-15-12-21(39-33-15)17-9-7-8-16(13-17)20(35)14-22(36)32-23-19(31-25(37)38-26(2,3)4)11-10-18(27(28,29)30)24(23)34(5)6/h7-13H,14H2,1-6H3,(H,31,37)(H,32,36). The fourth-order valence-electron chi connectivity index (χ4n) is 3.71. The highest BCUT2D eigenvalue weighted by atomic mass is 19.4. The van der Waals surface area contributed by atoms with Gasteiger partial charge in [-0.05, 0) is 45.9 Å². The van der Waals surface area contributed by atoms with Gasteiger partial charge in [-0.25, -0.2) is 4.79 Å². The van der Waals surface area contributed by atoms with Gasteiger partial charge in [0, 0.05) is 31.3 Å². The molecule has 0 aliphatic heterocycles. The van der Waals surface area contributed by atoms with Gasteiger partial charge in [0.05, 0.1) is 34.7 Å². The third-order valence-electron chi connectivity index (χ3n) is 5.25. The van der Waals surface area contributed by atoms with Crippen LogP contribution in [-0.4, -0.2) is 42.6 Å². The molecule has 2 amide bonds. The number of amides is 2. The van der Waals surface area contributed by atoms with Crippen LogP contribution in [0.15, 0.2) is 47.0 Å². The van der Waals surface area contributed by atoms with E-state index in [1.165, 1.54) is 26.2 Å². The molecule has 0 saturated carbocycles. The second-order valence-electron chi connectivity index (χ2n) is 9.96. The van der Waals surface area contributed by atoms with Crippen molar-refractivity contribution in [3.05, 3.63) is 59.3 Å². The Bertz CT molecular complexity index is 1390. The Kier molecular flexibility index (Phi) is 8.37. The molecule has 1 heterocycles. The van der Waals surface area contributed by atoms with Crippen LogP contribution in [0, 0.1) is 6.92 Å². The summed E-state index contributed by atoms with van der Waals surface area (Å²) in [6.45, 7) is 6.61. The normalized spacial score (nSPS) is 11.6. The first kappa shape index (κ1) is 29.2. The third kappa shape index (κ3) is 7.59. The lowest BCUT2D eigenvalue weighted by molar-refractivity contribution is -0.137. The number of nitrogens with one attached hydrogen (secondary N) is 2. The fraction of sp³-hybridized carbons (Fsp3) is 0.333. The molecule has 208 valence electrons. The van der Waals surface area contributed by atoms with Crippen molar-refractivity contribution >= 4 is 34.8 Å². The average Bonchev–Trinajstić information content (AvgIpc) is 3.24. The van der Waals surface area contributed by atoms with Gasteiger partial charge < -0.3 is 19.5 Å². The average molecular weight is 547 g/mol. The Labute approximate surface area is 223 Å². The van der Waals surface area contributed by atoms with Gasteiger partial charge in [0.25, 0.3) is 0 Å². The van der Waals surface area contributed by atoms with E-state index in [1.807, 2.05) is 0 Å². The topological polar surface area (TPSA) is 114 Å². The molecule has 0 fully saturated rings. The van der Waals surface area contributed by atoms with Gasteiger partial charge in [0.1, 0.15) is 5.60 Å². The minimum Gasteiger partial charge on any atom is -0.444 e. The van der Waals surface area contributed by atoms with E-state index in [1.54, 1.807) is 45.9 Å². The zero-order valence-corrected chi connectivity index (χ0v) is 22.3. The molecule has 0 radical (unpaired) electrons. The quantitative estimate of drug-likeness (QED) is 0.264. The summed E-state index contributed by atoms with van der Waals surface area (Å²) in [4.78, 5) is 39.4. The Morgan fingerprint density at radius 1 is 1.03 bits per heavy atom. The van der Waals surface area contributed by atoms with E-state index >= 15 is 0 Å². The molecule has 0 aliphatic carbocycles. The van der Waals surface area contributed by atoms with Crippen LogP contribution in [0.25, 0.3) is 11.3 Å². The summed E-state index contributed by atoms with van der Waals surface area (Å²) in [6, 6.07) is 9.84. The summed E-state index contributed by atoms with van der Waals surface area (Å²) in [5.74, 6) is -1.02.